The standard InChI is InChI=1S/C16H16ClNO2S/c1-11(12-5-3-2-4-6-12)18-16(20)10-7-13(19)14-8-9-15(17)21-14/h2-6,8-9,11H,7,10H2,1H3,(H,18,20). The van der Waals surface area contributed by atoms with E-state index in [1.165, 1.54) is 11.3 Å². The van der Waals surface area contributed by atoms with Gasteiger partial charge in [0, 0.05) is 12.8 Å². The molecule has 0 saturated heterocycles. The lowest BCUT2D eigenvalue weighted by molar-refractivity contribution is -0.121. The predicted molar refractivity (Wildman–Crippen MR) is 85.9 cm³/mol. The van der Waals surface area contributed by atoms with Crippen LogP contribution in [0.25, 0.3) is 0 Å². The summed E-state index contributed by atoms with van der Waals surface area (Å²) in [4.78, 5) is 24.4. The van der Waals surface area contributed by atoms with Gasteiger partial charge in [-0.25, -0.2) is 0 Å². The van der Waals surface area contributed by atoms with Gasteiger partial charge in [-0.15, -0.1) is 11.3 Å². The molecule has 3 nitrogen and oxygen atoms in total. The third kappa shape index (κ3) is 4.69. The van der Waals surface area contributed by atoms with E-state index < -0.39 is 0 Å². The van der Waals surface area contributed by atoms with Crippen molar-refractivity contribution in [1.29, 1.82) is 0 Å². The molecule has 0 aliphatic carbocycles. The van der Waals surface area contributed by atoms with Crippen molar-refractivity contribution in [3.05, 3.63) is 57.2 Å². The van der Waals surface area contributed by atoms with Gasteiger partial charge in [-0.2, -0.15) is 0 Å². The van der Waals surface area contributed by atoms with Crippen LogP contribution in [0.2, 0.25) is 4.34 Å². The van der Waals surface area contributed by atoms with E-state index >= 15 is 0 Å². The van der Waals surface area contributed by atoms with Crippen LogP contribution in [0.4, 0.5) is 0 Å². The molecule has 0 radical (unpaired) electrons. The van der Waals surface area contributed by atoms with E-state index in [0.29, 0.717) is 9.21 Å². The Balaban J connectivity index is 1.81. The second-order valence-corrected chi connectivity index (χ2v) is 6.44. The number of amides is 1. The topological polar surface area (TPSA) is 46.2 Å². The van der Waals surface area contributed by atoms with Crippen LogP contribution in [0.3, 0.4) is 0 Å². The first kappa shape index (κ1) is 15.7. The molecule has 0 aliphatic heterocycles. The first-order chi connectivity index (χ1) is 10.1. The monoisotopic (exact) mass is 321 g/mol. The van der Waals surface area contributed by atoms with Crippen LogP contribution in [-0.2, 0) is 4.79 Å². The largest absolute Gasteiger partial charge is 0.350 e. The molecular formula is C16H16ClNO2S. The number of rotatable bonds is 6. The first-order valence-electron chi connectivity index (χ1n) is 6.69. The van der Waals surface area contributed by atoms with Crippen molar-refractivity contribution in [3.8, 4) is 0 Å². The normalized spacial score (nSPS) is 11.9. The number of hydrogen-bond acceptors (Lipinski definition) is 3. The molecule has 1 N–H and O–H groups in total. The Hall–Kier alpha value is -1.65. The molecule has 1 aromatic heterocycles. The fraction of sp³-hybridized carbons (Fsp3) is 0.250. The predicted octanol–water partition coefficient (Wildman–Crippen LogP) is 4.24. The lowest BCUT2D eigenvalue weighted by Crippen LogP contribution is -2.26. The van der Waals surface area contributed by atoms with Crippen LogP contribution < -0.4 is 5.32 Å². The minimum atomic E-state index is -0.123. The first-order valence-corrected chi connectivity index (χ1v) is 7.88. The zero-order valence-corrected chi connectivity index (χ0v) is 13.2. The third-order valence-corrected chi connectivity index (χ3v) is 4.38. The minimum Gasteiger partial charge on any atom is -0.350 e. The lowest BCUT2D eigenvalue weighted by Gasteiger charge is -2.13. The maximum Gasteiger partial charge on any atom is 0.220 e. The van der Waals surface area contributed by atoms with Crippen LogP contribution in [0.5, 0.6) is 0 Å². The number of Topliss-reactive ketones (excluding diaryl/α,β-unsaturated/α-hetero) is 1. The van der Waals surface area contributed by atoms with Crippen LogP contribution in [0, 0.1) is 0 Å². The molecule has 0 spiro atoms. The smallest absolute Gasteiger partial charge is 0.220 e. The van der Waals surface area contributed by atoms with Crippen LogP contribution in [0.1, 0.15) is 41.0 Å². The Morgan fingerprint density at radius 3 is 2.48 bits per heavy atom. The molecule has 1 atom stereocenters. The average Bonchev–Trinajstić information content (AvgIpc) is 2.92. The summed E-state index contributed by atoms with van der Waals surface area (Å²) in [5, 5.41) is 2.89. The quantitative estimate of drug-likeness (QED) is 0.809. The van der Waals surface area contributed by atoms with E-state index in [2.05, 4.69) is 5.32 Å². The maximum atomic E-state index is 11.9. The van der Waals surface area contributed by atoms with Crippen LogP contribution >= 0.6 is 22.9 Å². The molecule has 2 rings (SSSR count). The van der Waals surface area contributed by atoms with Gasteiger partial charge in [-0.3, -0.25) is 9.59 Å². The summed E-state index contributed by atoms with van der Waals surface area (Å²) in [6.45, 7) is 1.92. The Morgan fingerprint density at radius 2 is 1.86 bits per heavy atom. The van der Waals surface area contributed by atoms with Gasteiger partial charge in [-0.1, -0.05) is 41.9 Å². The Morgan fingerprint density at radius 1 is 1.14 bits per heavy atom. The van der Waals surface area contributed by atoms with Gasteiger partial charge in [0.2, 0.25) is 5.91 Å². The number of hydrogen-bond donors (Lipinski definition) is 1. The Kier molecular flexibility index (Phi) is 5.53. The highest BCUT2D eigenvalue weighted by atomic mass is 35.5. The van der Waals surface area contributed by atoms with Gasteiger partial charge >= 0.3 is 0 Å². The fourth-order valence-corrected chi connectivity index (χ4v) is 2.96. The second-order valence-electron chi connectivity index (χ2n) is 4.73. The number of carbonyl (C=O) groups excluding carboxylic acids is 2. The number of thiophene rings is 1. The summed E-state index contributed by atoms with van der Waals surface area (Å²) >= 11 is 7.03. The molecule has 5 heteroatoms. The van der Waals surface area contributed by atoms with Crippen molar-refractivity contribution in [2.24, 2.45) is 0 Å². The van der Waals surface area contributed by atoms with E-state index in [1.807, 2.05) is 37.3 Å². The van der Waals surface area contributed by atoms with Crippen molar-refractivity contribution < 1.29 is 9.59 Å². The summed E-state index contributed by atoms with van der Waals surface area (Å²) < 4.78 is 0.584. The SMILES string of the molecule is CC(NC(=O)CCC(=O)c1ccc(Cl)s1)c1ccccc1. The van der Waals surface area contributed by atoms with E-state index in [4.69, 9.17) is 11.6 Å². The van der Waals surface area contributed by atoms with Crippen LogP contribution in [0.15, 0.2) is 42.5 Å². The number of nitrogens with one attached hydrogen (secondary N) is 1. The molecule has 1 unspecified atom stereocenters. The summed E-state index contributed by atoms with van der Waals surface area (Å²) in [5.74, 6) is -0.170. The lowest BCUT2D eigenvalue weighted by atomic mass is 10.1. The van der Waals surface area contributed by atoms with Gasteiger partial charge in [0.05, 0.1) is 15.3 Å². The summed E-state index contributed by atoms with van der Waals surface area (Å²) in [6, 6.07) is 13.0. The third-order valence-electron chi connectivity index (χ3n) is 3.10. The van der Waals surface area contributed by atoms with E-state index in [1.54, 1.807) is 12.1 Å². The number of halogens is 1. The molecule has 0 fully saturated rings. The zero-order valence-electron chi connectivity index (χ0n) is 11.6. The molecule has 21 heavy (non-hydrogen) atoms. The minimum absolute atomic E-state index is 0.0468. The molecule has 1 amide bonds. The Labute approximate surface area is 132 Å². The van der Waals surface area contributed by atoms with Gasteiger partial charge in [0.15, 0.2) is 5.78 Å². The average molecular weight is 322 g/mol. The molecule has 1 heterocycles. The van der Waals surface area contributed by atoms with Gasteiger partial charge in [-0.05, 0) is 24.6 Å². The van der Waals surface area contributed by atoms with E-state index in [0.717, 1.165) is 5.56 Å². The molecule has 0 saturated carbocycles. The zero-order chi connectivity index (χ0) is 15.2. The number of carbonyl (C=O) groups is 2. The van der Waals surface area contributed by atoms with E-state index in [9.17, 15) is 9.59 Å². The number of ketones is 1. The maximum absolute atomic E-state index is 11.9. The highest BCUT2D eigenvalue weighted by Gasteiger charge is 2.13. The molecule has 0 bridgehead atoms. The van der Waals surface area contributed by atoms with Crippen molar-refractivity contribution in [2.45, 2.75) is 25.8 Å². The van der Waals surface area contributed by atoms with Crippen molar-refractivity contribution in [1.82, 2.24) is 5.32 Å². The highest BCUT2D eigenvalue weighted by Crippen LogP contribution is 2.23. The Bertz CT molecular complexity index is 624. The summed E-state index contributed by atoms with van der Waals surface area (Å²) in [5.41, 5.74) is 1.04. The molecule has 110 valence electrons. The highest BCUT2D eigenvalue weighted by molar-refractivity contribution is 7.18. The molecular weight excluding hydrogens is 306 g/mol. The second kappa shape index (κ2) is 7.38. The molecule has 1 aromatic carbocycles. The van der Waals surface area contributed by atoms with Crippen LogP contribution in [-0.4, -0.2) is 11.7 Å². The fourth-order valence-electron chi connectivity index (χ4n) is 1.95. The van der Waals surface area contributed by atoms with Gasteiger partial charge < -0.3 is 5.32 Å². The van der Waals surface area contributed by atoms with Gasteiger partial charge in [0.25, 0.3) is 0 Å². The van der Waals surface area contributed by atoms with Crippen molar-refractivity contribution in [3.63, 3.8) is 0 Å². The van der Waals surface area contributed by atoms with E-state index in [-0.39, 0.29) is 30.6 Å². The number of benzene rings is 1. The van der Waals surface area contributed by atoms with Gasteiger partial charge in [0.1, 0.15) is 0 Å². The summed E-state index contributed by atoms with van der Waals surface area (Å²) in [6.07, 6.45) is 0.385. The molecule has 0 aliphatic rings. The molecule has 2 aromatic rings. The summed E-state index contributed by atoms with van der Waals surface area (Å²) in [7, 11) is 0. The van der Waals surface area contributed by atoms with Crippen molar-refractivity contribution >= 4 is 34.6 Å². The van der Waals surface area contributed by atoms with Crippen molar-refractivity contribution in [2.75, 3.05) is 0 Å².